The van der Waals surface area contributed by atoms with Crippen LogP contribution in [0.3, 0.4) is 0 Å². The summed E-state index contributed by atoms with van der Waals surface area (Å²) >= 11 is 0. The third kappa shape index (κ3) is 10.0. The molecule has 1 heterocycles. The van der Waals surface area contributed by atoms with Gasteiger partial charge < -0.3 is 15.5 Å². The summed E-state index contributed by atoms with van der Waals surface area (Å²) in [6.07, 6.45) is 7.90. The second-order valence-corrected chi connectivity index (χ2v) is 6.32. The molecule has 0 aromatic carbocycles. The molecule has 0 aliphatic carbocycles. The standard InChI is InChI=1S/C17H34N4O.HI/c1-4-5-6-7-11-19-17(18-3)20-12-10-16(22)21-13-8-9-15(2)14-21;/h15H,4-14H2,1-3H3,(H2,18,19,20);1H. The highest BCUT2D eigenvalue weighted by Crippen LogP contribution is 2.15. The molecule has 0 radical (unpaired) electrons. The number of unbranched alkanes of at least 4 members (excludes halogenated alkanes) is 3. The fourth-order valence-corrected chi connectivity index (χ4v) is 2.84. The molecule has 1 unspecified atom stereocenters. The summed E-state index contributed by atoms with van der Waals surface area (Å²) < 4.78 is 0. The Balaban J connectivity index is 0.00000484. The zero-order chi connectivity index (χ0) is 16.2. The van der Waals surface area contributed by atoms with E-state index < -0.39 is 0 Å². The fourth-order valence-electron chi connectivity index (χ4n) is 2.84. The van der Waals surface area contributed by atoms with Crippen molar-refractivity contribution in [2.24, 2.45) is 10.9 Å². The van der Waals surface area contributed by atoms with Crippen LogP contribution in [0.15, 0.2) is 4.99 Å². The maximum Gasteiger partial charge on any atom is 0.224 e. The summed E-state index contributed by atoms with van der Waals surface area (Å²) in [5.41, 5.74) is 0. The highest BCUT2D eigenvalue weighted by Gasteiger charge is 2.20. The summed E-state index contributed by atoms with van der Waals surface area (Å²) in [6, 6.07) is 0. The van der Waals surface area contributed by atoms with E-state index in [1.165, 1.54) is 32.1 Å². The van der Waals surface area contributed by atoms with Crippen molar-refractivity contribution in [3.05, 3.63) is 0 Å². The Bertz CT molecular complexity index is 349. The largest absolute Gasteiger partial charge is 0.356 e. The van der Waals surface area contributed by atoms with Crippen molar-refractivity contribution in [2.45, 2.75) is 58.8 Å². The monoisotopic (exact) mass is 438 g/mol. The maximum absolute atomic E-state index is 12.2. The minimum absolute atomic E-state index is 0. The molecule has 1 atom stereocenters. The number of hydrogen-bond donors (Lipinski definition) is 2. The first-order chi connectivity index (χ1) is 10.7. The minimum Gasteiger partial charge on any atom is -0.356 e. The van der Waals surface area contributed by atoms with Gasteiger partial charge >= 0.3 is 0 Å². The average Bonchev–Trinajstić information content (AvgIpc) is 2.52. The summed E-state index contributed by atoms with van der Waals surface area (Å²) in [6.45, 7) is 7.88. The van der Waals surface area contributed by atoms with Gasteiger partial charge in [0.05, 0.1) is 0 Å². The Morgan fingerprint density at radius 1 is 1.22 bits per heavy atom. The number of rotatable bonds is 8. The van der Waals surface area contributed by atoms with Crippen LogP contribution in [0.5, 0.6) is 0 Å². The van der Waals surface area contributed by atoms with Gasteiger partial charge in [0.15, 0.2) is 5.96 Å². The van der Waals surface area contributed by atoms with Gasteiger partial charge in [0.1, 0.15) is 0 Å². The van der Waals surface area contributed by atoms with E-state index in [-0.39, 0.29) is 29.9 Å². The molecule has 5 nitrogen and oxygen atoms in total. The number of piperidine rings is 1. The number of carbonyl (C=O) groups excluding carboxylic acids is 1. The molecule has 2 N–H and O–H groups in total. The molecule has 1 rings (SSSR count). The molecule has 1 amide bonds. The van der Waals surface area contributed by atoms with E-state index in [1.807, 2.05) is 4.90 Å². The van der Waals surface area contributed by atoms with Gasteiger partial charge in [-0.1, -0.05) is 33.1 Å². The van der Waals surface area contributed by atoms with E-state index in [0.29, 0.717) is 18.9 Å². The van der Waals surface area contributed by atoms with Crippen molar-refractivity contribution in [1.82, 2.24) is 15.5 Å². The number of carbonyl (C=O) groups is 1. The van der Waals surface area contributed by atoms with Gasteiger partial charge in [-0.3, -0.25) is 9.79 Å². The van der Waals surface area contributed by atoms with Crippen molar-refractivity contribution >= 4 is 35.8 Å². The fraction of sp³-hybridized carbons (Fsp3) is 0.882. The zero-order valence-electron chi connectivity index (χ0n) is 15.1. The normalized spacial score (nSPS) is 18.3. The van der Waals surface area contributed by atoms with Gasteiger partial charge in [0.2, 0.25) is 5.91 Å². The van der Waals surface area contributed by atoms with Crippen molar-refractivity contribution < 1.29 is 4.79 Å². The van der Waals surface area contributed by atoms with Gasteiger partial charge in [-0.05, 0) is 25.2 Å². The topological polar surface area (TPSA) is 56.7 Å². The van der Waals surface area contributed by atoms with Crippen LogP contribution >= 0.6 is 24.0 Å². The van der Waals surface area contributed by atoms with Gasteiger partial charge in [0.25, 0.3) is 0 Å². The highest BCUT2D eigenvalue weighted by atomic mass is 127. The molecule has 136 valence electrons. The van der Waals surface area contributed by atoms with E-state index in [4.69, 9.17) is 0 Å². The van der Waals surface area contributed by atoms with Crippen LogP contribution < -0.4 is 10.6 Å². The van der Waals surface area contributed by atoms with Crippen LogP contribution in [0.2, 0.25) is 0 Å². The molecule has 0 spiro atoms. The Morgan fingerprint density at radius 2 is 1.96 bits per heavy atom. The molecule has 6 heteroatoms. The lowest BCUT2D eigenvalue weighted by molar-refractivity contribution is -0.132. The van der Waals surface area contributed by atoms with Crippen LogP contribution in [0, 0.1) is 5.92 Å². The molecule has 1 aliphatic rings. The molecule has 0 saturated carbocycles. The Kier molecular flexibility index (Phi) is 13.5. The van der Waals surface area contributed by atoms with Crippen molar-refractivity contribution in [1.29, 1.82) is 0 Å². The Labute approximate surface area is 159 Å². The predicted octanol–water partition coefficient (Wildman–Crippen LogP) is 3.00. The van der Waals surface area contributed by atoms with Crippen molar-refractivity contribution in [3.8, 4) is 0 Å². The predicted molar refractivity (Wildman–Crippen MR) is 109 cm³/mol. The van der Waals surface area contributed by atoms with Gasteiger partial charge in [-0.2, -0.15) is 0 Å². The van der Waals surface area contributed by atoms with Crippen LogP contribution in [0.4, 0.5) is 0 Å². The van der Waals surface area contributed by atoms with E-state index in [0.717, 1.165) is 32.0 Å². The highest BCUT2D eigenvalue weighted by molar-refractivity contribution is 14.0. The molecule has 0 aromatic heterocycles. The first kappa shape index (κ1) is 22.5. The molecule has 1 fully saturated rings. The van der Waals surface area contributed by atoms with Crippen LogP contribution in [0.25, 0.3) is 0 Å². The van der Waals surface area contributed by atoms with Crippen molar-refractivity contribution in [3.63, 3.8) is 0 Å². The number of likely N-dealkylation sites (tertiary alicyclic amines) is 1. The van der Waals surface area contributed by atoms with Crippen LogP contribution in [-0.4, -0.2) is 50.0 Å². The van der Waals surface area contributed by atoms with E-state index in [2.05, 4.69) is 29.5 Å². The van der Waals surface area contributed by atoms with Gasteiger partial charge in [-0.25, -0.2) is 0 Å². The first-order valence-electron chi connectivity index (χ1n) is 8.89. The SMILES string of the molecule is CCCCCCNC(=NC)NCCC(=O)N1CCCC(C)C1.I. The lowest BCUT2D eigenvalue weighted by atomic mass is 10.00. The summed E-state index contributed by atoms with van der Waals surface area (Å²) in [4.78, 5) is 18.4. The summed E-state index contributed by atoms with van der Waals surface area (Å²) in [7, 11) is 1.77. The number of guanidine groups is 1. The molecule has 1 saturated heterocycles. The molecule has 0 aromatic rings. The van der Waals surface area contributed by atoms with Crippen LogP contribution in [-0.2, 0) is 4.79 Å². The molecule has 1 aliphatic heterocycles. The maximum atomic E-state index is 12.2. The average molecular weight is 438 g/mol. The summed E-state index contributed by atoms with van der Waals surface area (Å²) in [5.74, 6) is 1.71. The Morgan fingerprint density at radius 3 is 2.61 bits per heavy atom. The number of hydrogen-bond acceptors (Lipinski definition) is 2. The van der Waals surface area contributed by atoms with Crippen molar-refractivity contribution in [2.75, 3.05) is 33.2 Å². The van der Waals surface area contributed by atoms with E-state index in [9.17, 15) is 4.79 Å². The Hall–Kier alpha value is -0.530. The number of aliphatic imine (C=N–C) groups is 1. The van der Waals surface area contributed by atoms with Gasteiger partial charge in [0, 0.05) is 39.6 Å². The molecule has 23 heavy (non-hydrogen) atoms. The van der Waals surface area contributed by atoms with E-state index in [1.54, 1.807) is 7.05 Å². The number of amides is 1. The number of nitrogens with zero attached hydrogens (tertiary/aromatic N) is 2. The third-order valence-electron chi connectivity index (χ3n) is 4.19. The second-order valence-electron chi connectivity index (χ2n) is 6.32. The third-order valence-corrected chi connectivity index (χ3v) is 4.19. The first-order valence-corrected chi connectivity index (χ1v) is 8.89. The van der Waals surface area contributed by atoms with Crippen LogP contribution in [0.1, 0.15) is 58.8 Å². The molecular formula is C17H35IN4O. The summed E-state index contributed by atoms with van der Waals surface area (Å²) in [5, 5.41) is 6.54. The number of nitrogens with one attached hydrogen (secondary N) is 2. The number of halogens is 1. The lowest BCUT2D eigenvalue weighted by Gasteiger charge is -2.31. The quantitative estimate of drug-likeness (QED) is 0.265. The second kappa shape index (κ2) is 13.9. The smallest absolute Gasteiger partial charge is 0.224 e. The lowest BCUT2D eigenvalue weighted by Crippen LogP contribution is -2.42. The molecule has 0 bridgehead atoms. The molecular weight excluding hydrogens is 403 g/mol. The van der Waals surface area contributed by atoms with E-state index >= 15 is 0 Å². The minimum atomic E-state index is 0. The van der Waals surface area contributed by atoms with Gasteiger partial charge in [-0.15, -0.1) is 24.0 Å². The zero-order valence-corrected chi connectivity index (χ0v) is 17.4.